The van der Waals surface area contributed by atoms with E-state index >= 15 is 0 Å². The molecule has 2 rings (SSSR count). The van der Waals surface area contributed by atoms with Crippen molar-refractivity contribution in [2.75, 3.05) is 14.2 Å². The van der Waals surface area contributed by atoms with E-state index in [0.29, 0.717) is 23.0 Å². The standard InChI is InChI=1S/C20H25NO3/c1-13(2)15-9-11-16(12-10-15)14(3)21-20(22)17-7-6-8-18(23-4)19(17)24-5/h6-14H,1-5H3,(H,21,22). The van der Waals surface area contributed by atoms with E-state index in [-0.39, 0.29) is 11.9 Å². The Morgan fingerprint density at radius 1 is 0.917 bits per heavy atom. The molecule has 0 aliphatic rings. The zero-order valence-electron chi connectivity index (χ0n) is 14.9. The second-order valence-electron chi connectivity index (χ2n) is 6.06. The van der Waals surface area contributed by atoms with Gasteiger partial charge in [-0.05, 0) is 36.1 Å². The average Bonchev–Trinajstić information content (AvgIpc) is 2.60. The molecule has 24 heavy (non-hydrogen) atoms. The number of ether oxygens (including phenoxy) is 2. The lowest BCUT2D eigenvalue weighted by molar-refractivity contribution is 0.0936. The summed E-state index contributed by atoms with van der Waals surface area (Å²) in [5.41, 5.74) is 2.81. The number of nitrogens with one attached hydrogen (secondary N) is 1. The lowest BCUT2D eigenvalue weighted by Gasteiger charge is -2.17. The van der Waals surface area contributed by atoms with Crippen LogP contribution in [0.5, 0.6) is 11.5 Å². The van der Waals surface area contributed by atoms with Crippen molar-refractivity contribution in [1.29, 1.82) is 0 Å². The molecule has 2 aromatic carbocycles. The molecule has 0 spiro atoms. The number of carbonyl (C=O) groups excluding carboxylic acids is 1. The number of rotatable bonds is 6. The van der Waals surface area contributed by atoms with Gasteiger partial charge in [-0.1, -0.05) is 44.2 Å². The minimum Gasteiger partial charge on any atom is -0.493 e. The molecule has 2 aromatic rings. The highest BCUT2D eigenvalue weighted by Gasteiger charge is 2.18. The van der Waals surface area contributed by atoms with Crippen LogP contribution in [-0.4, -0.2) is 20.1 Å². The molecule has 0 aromatic heterocycles. The fraction of sp³-hybridized carbons (Fsp3) is 0.350. The highest BCUT2D eigenvalue weighted by Crippen LogP contribution is 2.31. The van der Waals surface area contributed by atoms with Gasteiger partial charge in [0.05, 0.1) is 25.8 Å². The highest BCUT2D eigenvalue weighted by molar-refractivity contribution is 5.98. The molecule has 0 saturated carbocycles. The Morgan fingerprint density at radius 3 is 2.08 bits per heavy atom. The third kappa shape index (κ3) is 3.88. The monoisotopic (exact) mass is 327 g/mol. The number of amides is 1. The molecular weight excluding hydrogens is 302 g/mol. The van der Waals surface area contributed by atoms with Crippen LogP contribution in [0.15, 0.2) is 42.5 Å². The van der Waals surface area contributed by atoms with Crippen molar-refractivity contribution in [3.63, 3.8) is 0 Å². The molecule has 4 heteroatoms. The first-order valence-corrected chi connectivity index (χ1v) is 8.09. The molecule has 0 radical (unpaired) electrons. The van der Waals surface area contributed by atoms with Crippen molar-refractivity contribution < 1.29 is 14.3 Å². The third-order valence-electron chi connectivity index (χ3n) is 4.10. The van der Waals surface area contributed by atoms with E-state index in [1.807, 2.05) is 6.92 Å². The second kappa shape index (κ2) is 7.86. The molecule has 1 N–H and O–H groups in total. The van der Waals surface area contributed by atoms with Gasteiger partial charge in [-0.2, -0.15) is 0 Å². The summed E-state index contributed by atoms with van der Waals surface area (Å²) in [5, 5.41) is 3.01. The van der Waals surface area contributed by atoms with Crippen molar-refractivity contribution in [1.82, 2.24) is 5.32 Å². The van der Waals surface area contributed by atoms with Gasteiger partial charge in [0.15, 0.2) is 11.5 Å². The van der Waals surface area contributed by atoms with Gasteiger partial charge in [-0.15, -0.1) is 0 Å². The number of methoxy groups -OCH3 is 2. The largest absolute Gasteiger partial charge is 0.493 e. The first-order chi connectivity index (χ1) is 11.5. The number of benzene rings is 2. The minimum atomic E-state index is -0.189. The van der Waals surface area contributed by atoms with Crippen LogP contribution >= 0.6 is 0 Å². The Bertz CT molecular complexity index is 693. The minimum absolute atomic E-state index is 0.102. The molecule has 0 bridgehead atoms. The molecule has 0 saturated heterocycles. The lowest BCUT2D eigenvalue weighted by Crippen LogP contribution is -2.27. The highest BCUT2D eigenvalue weighted by atomic mass is 16.5. The van der Waals surface area contributed by atoms with E-state index in [4.69, 9.17) is 9.47 Å². The van der Waals surface area contributed by atoms with E-state index in [2.05, 4.69) is 43.4 Å². The van der Waals surface area contributed by atoms with Gasteiger partial charge in [0.1, 0.15) is 0 Å². The Balaban J connectivity index is 2.17. The van der Waals surface area contributed by atoms with Gasteiger partial charge >= 0.3 is 0 Å². The zero-order valence-corrected chi connectivity index (χ0v) is 14.9. The number of hydrogen-bond acceptors (Lipinski definition) is 3. The summed E-state index contributed by atoms with van der Waals surface area (Å²) in [6.45, 7) is 6.29. The third-order valence-corrected chi connectivity index (χ3v) is 4.10. The van der Waals surface area contributed by atoms with Crippen LogP contribution in [0, 0.1) is 0 Å². The van der Waals surface area contributed by atoms with E-state index in [1.165, 1.54) is 12.7 Å². The summed E-state index contributed by atoms with van der Waals surface area (Å²) in [4.78, 5) is 12.6. The number of carbonyl (C=O) groups is 1. The molecule has 0 fully saturated rings. The fourth-order valence-electron chi connectivity index (χ4n) is 2.59. The average molecular weight is 327 g/mol. The normalized spacial score (nSPS) is 11.9. The Morgan fingerprint density at radius 2 is 1.54 bits per heavy atom. The topological polar surface area (TPSA) is 47.6 Å². The quantitative estimate of drug-likeness (QED) is 0.859. The molecule has 0 aliphatic heterocycles. The predicted molar refractivity (Wildman–Crippen MR) is 96.0 cm³/mol. The smallest absolute Gasteiger partial charge is 0.255 e. The summed E-state index contributed by atoms with van der Waals surface area (Å²) in [5.74, 6) is 1.29. The van der Waals surface area contributed by atoms with E-state index in [1.54, 1.807) is 25.3 Å². The fourth-order valence-corrected chi connectivity index (χ4v) is 2.59. The van der Waals surface area contributed by atoms with Crippen molar-refractivity contribution in [2.45, 2.75) is 32.7 Å². The molecule has 0 aliphatic carbocycles. The van der Waals surface area contributed by atoms with Gasteiger partial charge in [-0.3, -0.25) is 4.79 Å². The van der Waals surface area contributed by atoms with Gasteiger partial charge in [0.25, 0.3) is 5.91 Å². The molecular formula is C20H25NO3. The van der Waals surface area contributed by atoms with Crippen LogP contribution < -0.4 is 14.8 Å². The summed E-state index contributed by atoms with van der Waals surface area (Å²) in [6.07, 6.45) is 0. The number of hydrogen-bond donors (Lipinski definition) is 1. The summed E-state index contributed by atoms with van der Waals surface area (Å²) in [7, 11) is 3.08. The van der Waals surface area contributed by atoms with Crippen LogP contribution in [0.3, 0.4) is 0 Å². The summed E-state index contributed by atoms with van der Waals surface area (Å²) in [6, 6.07) is 13.5. The summed E-state index contributed by atoms with van der Waals surface area (Å²) < 4.78 is 10.6. The van der Waals surface area contributed by atoms with Gasteiger partial charge in [0.2, 0.25) is 0 Å². The predicted octanol–water partition coefficient (Wildman–Crippen LogP) is 4.32. The first kappa shape index (κ1) is 17.9. The van der Waals surface area contributed by atoms with Crippen molar-refractivity contribution in [3.05, 3.63) is 59.2 Å². The molecule has 1 amide bonds. The molecule has 4 nitrogen and oxygen atoms in total. The molecule has 1 unspecified atom stereocenters. The van der Waals surface area contributed by atoms with Gasteiger partial charge in [0, 0.05) is 0 Å². The second-order valence-corrected chi connectivity index (χ2v) is 6.06. The zero-order chi connectivity index (χ0) is 17.7. The van der Waals surface area contributed by atoms with Gasteiger partial charge < -0.3 is 14.8 Å². The van der Waals surface area contributed by atoms with E-state index in [0.717, 1.165) is 5.56 Å². The van der Waals surface area contributed by atoms with E-state index < -0.39 is 0 Å². The Kier molecular flexibility index (Phi) is 5.85. The van der Waals surface area contributed by atoms with Crippen LogP contribution in [0.1, 0.15) is 54.2 Å². The maximum absolute atomic E-state index is 12.6. The SMILES string of the molecule is COc1cccc(C(=O)NC(C)c2ccc(C(C)C)cc2)c1OC. The Hall–Kier alpha value is -2.49. The molecule has 128 valence electrons. The lowest BCUT2D eigenvalue weighted by atomic mass is 9.99. The first-order valence-electron chi connectivity index (χ1n) is 8.09. The van der Waals surface area contributed by atoms with Crippen molar-refractivity contribution in [3.8, 4) is 11.5 Å². The van der Waals surface area contributed by atoms with Gasteiger partial charge in [-0.25, -0.2) is 0 Å². The van der Waals surface area contributed by atoms with Crippen LogP contribution in [0.25, 0.3) is 0 Å². The molecule has 1 atom stereocenters. The van der Waals surface area contributed by atoms with Crippen LogP contribution in [-0.2, 0) is 0 Å². The summed E-state index contributed by atoms with van der Waals surface area (Å²) >= 11 is 0. The Labute approximate surface area is 143 Å². The van der Waals surface area contributed by atoms with Crippen molar-refractivity contribution in [2.24, 2.45) is 0 Å². The molecule has 0 heterocycles. The maximum atomic E-state index is 12.6. The number of para-hydroxylation sites is 1. The maximum Gasteiger partial charge on any atom is 0.255 e. The van der Waals surface area contributed by atoms with E-state index in [9.17, 15) is 4.79 Å². The van der Waals surface area contributed by atoms with Crippen LogP contribution in [0.2, 0.25) is 0 Å². The van der Waals surface area contributed by atoms with Crippen molar-refractivity contribution >= 4 is 5.91 Å². The van der Waals surface area contributed by atoms with Crippen LogP contribution in [0.4, 0.5) is 0 Å².